The average Bonchev–Trinajstić information content (AvgIpc) is 1.36. The van der Waals surface area contributed by atoms with E-state index in [1.165, 1.54) is 0 Å². The highest BCUT2D eigenvalue weighted by molar-refractivity contribution is 7.48. The fourth-order valence-electron chi connectivity index (χ4n) is 0. The van der Waals surface area contributed by atoms with Gasteiger partial charge in [-0.1, -0.05) is 0 Å². The molecule has 0 radical (unpaired) electrons. The molecule has 0 fully saturated rings. The molecule has 1 atom stereocenters. The van der Waals surface area contributed by atoms with Gasteiger partial charge in [0.15, 0.2) is 8.38 Å². The standard InChI is InChI=1S/C3H9FNP/c1-5(2)6(3)4/h1-3H3. The van der Waals surface area contributed by atoms with Crippen molar-refractivity contribution in [1.29, 1.82) is 0 Å². The molecular formula is C3H9FNP. The van der Waals surface area contributed by atoms with Gasteiger partial charge in [-0.25, -0.2) is 4.20 Å². The zero-order chi connectivity index (χ0) is 5.15. The first kappa shape index (κ1) is 6.32. The first-order valence-corrected chi connectivity index (χ1v) is 3.34. The predicted molar refractivity (Wildman–Crippen MR) is 27.6 cm³/mol. The van der Waals surface area contributed by atoms with Crippen LogP contribution in [0.4, 0.5) is 4.20 Å². The van der Waals surface area contributed by atoms with E-state index in [4.69, 9.17) is 0 Å². The van der Waals surface area contributed by atoms with E-state index in [-0.39, 0.29) is 0 Å². The van der Waals surface area contributed by atoms with Crippen LogP contribution in [0.5, 0.6) is 0 Å². The van der Waals surface area contributed by atoms with E-state index in [0.29, 0.717) is 0 Å². The van der Waals surface area contributed by atoms with Gasteiger partial charge in [0.1, 0.15) is 0 Å². The van der Waals surface area contributed by atoms with Crippen molar-refractivity contribution in [2.45, 2.75) is 0 Å². The Balaban J connectivity index is 2.99. The Morgan fingerprint density at radius 2 is 1.67 bits per heavy atom. The van der Waals surface area contributed by atoms with Gasteiger partial charge in [-0.3, -0.25) is 4.67 Å². The minimum atomic E-state index is -1.33. The third-order valence-corrected chi connectivity index (χ3v) is 1.65. The lowest BCUT2D eigenvalue weighted by Gasteiger charge is -2.07. The fraction of sp³-hybridized carbons (Fsp3) is 1.00. The van der Waals surface area contributed by atoms with Crippen LogP contribution in [0.15, 0.2) is 0 Å². The molecule has 0 bridgehead atoms. The topological polar surface area (TPSA) is 3.24 Å². The van der Waals surface area contributed by atoms with Gasteiger partial charge in [-0.2, -0.15) is 0 Å². The maximum Gasteiger partial charge on any atom is 0.153 e. The van der Waals surface area contributed by atoms with Gasteiger partial charge in [-0.15, -0.1) is 0 Å². The lowest BCUT2D eigenvalue weighted by Crippen LogP contribution is -1.98. The third kappa shape index (κ3) is 2.55. The minimum absolute atomic E-state index is 1.33. The molecule has 0 amide bonds. The molecule has 0 heterocycles. The number of rotatable bonds is 1. The molecular weight excluding hydrogens is 100 g/mol. The number of hydrogen-bond acceptors (Lipinski definition) is 1. The first-order chi connectivity index (χ1) is 2.64. The Morgan fingerprint density at radius 3 is 1.67 bits per heavy atom. The molecule has 0 aromatic rings. The molecule has 38 valence electrons. The summed E-state index contributed by atoms with van der Waals surface area (Å²) in [5, 5.41) is 0. The van der Waals surface area contributed by atoms with Gasteiger partial charge in [0, 0.05) is 0 Å². The molecule has 1 nitrogen and oxygen atoms in total. The Hall–Kier alpha value is 0.320. The molecule has 0 N–H and O–H groups in total. The highest BCUT2D eigenvalue weighted by atomic mass is 31.2. The monoisotopic (exact) mass is 109 g/mol. The molecule has 0 aliphatic heterocycles. The van der Waals surface area contributed by atoms with Crippen LogP contribution in [-0.2, 0) is 0 Å². The van der Waals surface area contributed by atoms with Crippen molar-refractivity contribution in [2.24, 2.45) is 0 Å². The van der Waals surface area contributed by atoms with Crippen molar-refractivity contribution in [2.75, 3.05) is 20.8 Å². The van der Waals surface area contributed by atoms with E-state index in [0.717, 1.165) is 0 Å². The van der Waals surface area contributed by atoms with Crippen LogP contribution in [0.3, 0.4) is 0 Å². The fourth-order valence-corrected chi connectivity index (χ4v) is 0. The van der Waals surface area contributed by atoms with Crippen molar-refractivity contribution in [3.8, 4) is 0 Å². The third-order valence-electron chi connectivity index (χ3n) is 0.551. The van der Waals surface area contributed by atoms with Gasteiger partial charge in [0.05, 0.1) is 0 Å². The van der Waals surface area contributed by atoms with E-state index in [1.807, 2.05) is 0 Å². The lowest BCUT2D eigenvalue weighted by atomic mass is 11.3. The van der Waals surface area contributed by atoms with Crippen LogP contribution in [0.1, 0.15) is 0 Å². The van der Waals surface area contributed by atoms with Crippen LogP contribution < -0.4 is 0 Å². The maximum atomic E-state index is 11.8. The molecule has 0 aliphatic rings. The summed E-state index contributed by atoms with van der Waals surface area (Å²) >= 11 is 0. The molecule has 0 aromatic heterocycles. The molecule has 0 aromatic carbocycles. The molecule has 3 heteroatoms. The maximum absolute atomic E-state index is 11.8. The Bertz CT molecular complexity index is 31.8. The van der Waals surface area contributed by atoms with Gasteiger partial charge in [0.2, 0.25) is 0 Å². The van der Waals surface area contributed by atoms with Gasteiger partial charge in [0.25, 0.3) is 0 Å². The smallest absolute Gasteiger partial charge is 0.153 e. The number of nitrogens with zero attached hydrogens (tertiary/aromatic N) is 1. The molecule has 0 aliphatic carbocycles. The largest absolute Gasteiger partial charge is 0.262 e. The van der Waals surface area contributed by atoms with Crippen LogP contribution >= 0.6 is 8.38 Å². The number of halogens is 1. The predicted octanol–water partition coefficient (Wildman–Crippen LogP) is 1.46. The lowest BCUT2D eigenvalue weighted by molar-refractivity contribution is 0.630. The summed E-state index contributed by atoms with van der Waals surface area (Å²) in [7, 11) is 2.13. The summed E-state index contributed by atoms with van der Waals surface area (Å²) in [6, 6.07) is 0. The molecule has 0 saturated heterocycles. The van der Waals surface area contributed by atoms with Crippen molar-refractivity contribution in [1.82, 2.24) is 4.67 Å². The highest BCUT2D eigenvalue weighted by Gasteiger charge is 1.96. The van der Waals surface area contributed by atoms with E-state index in [9.17, 15) is 4.20 Å². The Kier molecular flexibility index (Phi) is 2.62. The minimum Gasteiger partial charge on any atom is -0.262 e. The summed E-state index contributed by atoms with van der Waals surface area (Å²) in [6.07, 6.45) is 0. The number of hydrogen-bond donors (Lipinski definition) is 0. The quantitative estimate of drug-likeness (QED) is 0.461. The molecule has 6 heavy (non-hydrogen) atoms. The molecule has 0 spiro atoms. The van der Waals surface area contributed by atoms with Crippen LogP contribution in [0.25, 0.3) is 0 Å². The van der Waals surface area contributed by atoms with Gasteiger partial charge >= 0.3 is 0 Å². The van der Waals surface area contributed by atoms with Crippen LogP contribution in [-0.4, -0.2) is 25.4 Å². The van der Waals surface area contributed by atoms with Gasteiger partial charge < -0.3 is 0 Å². The van der Waals surface area contributed by atoms with Gasteiger partial charge in [-0.05, 0) is 20.8 Å². The van der Waals surface area contributed by atoms with Crippen molar-refractivity contribution in [3.63, 3.8) is 0 Å². The second-order valence-corrected chi connectivity index (χ2v) is 2.98. The molecule has 1 unspecified atom stereocenters. The van der Waals surface area contributed by atoms with Crippen molar-refractivity contribution >= 4 is 8.38 Å². The summed E-state index contributed by atoms with van der Waals surface area (Å²) in [5.74, 6) is 0. The zero-order valence-electron chi connectivity index (χ0n) is 4.27. The van der Waals surface area contributed by atoms with Crippen LogP contribution in [0, 0.1) is 0 Å². The second kappa shape index (κ2) is 2.49. The normalized spacial score (nSPS) is 15.5. The van der Waals surface area contributed by atoms with Crippen molar-refractivity contribution < 1.29 is 4.20 Å². The Labute approximate surface area is 39.1 Å². The van der Waals surface area contributed by atoms with E-state index < -0.39 is 8.38 Å². The van der Waals surface area contributed by atoms with Crippen LogP contribution in [0.2, 0.25) is 0 Å². The van der Waals surface area contributed by atoms with E-state index in [1.54, 1.807) is 25.4 Å². The summed E-state index contributed by atoms with van der Waals surface area (Å²) in [6.45, 7) is 1.56. The molecule has 0 saturated carbocycles. The molecule has 0 rings (SSSR count). The zero-order valence-corrected chi connectivity index (χ0v) is 5.17. The van der Waals surface area contributed by atoms with E-state index >= 15 is 0 Å². The summed E-state index contributed by atoms with van der Waals surface area (Å²) in [4.78, 5) is 0. The Morgan fingerprint density at radius 1 is 1.50 bits per heavy atom. The average molecular weight is 109 g/mol. The first-order valence-electron chi connectivity index (χ1n) is 1.71. The second-order valence-electron chi connectivity index (χ2n) is 1.29. The van der Waals surface area contributed by atoms with E-state index in [2.05, 4.69) is 0 Å². The SMILES string of the molecule is CN(C)P(C)F. The summed E-state index contributed by atoms with van der Waals surface area (Å²) in [5.41, 5.74) is 0. The van der Waals surface area contributed by atoms with Crippen molar-refractivity contribution in [3.05, 3.63) is 0 Å². The highest BCUT2D eigenvalue weighted by Crippen LogP contribution is 2.32. The summed E-state index contributed by atoms with van der Waals surface area (Å²) < 4.78 is 13.4.